The van der Waals surface area contributed by atoms with Gasteiger partial charge in [0.15, 0.2) is 0 Å². The zero-order valence-corrected chi connectivity index (χ0v) is 15.6. The van der Waals surface area contributed by atoms with Crippen LogP contribution in [0.5, 0.6) is 0 Å². The Labute approximate surface area is 163 Å². The first-order valence-electron chi connectivity index (χ1n) is 7.58. The molecular formula is C17H11BrF6N2O2. The Morgan fingerprint density at radius 2 is 1.64 bits per heavy atom. The molecule has 150 valence electrons. The zero-order valence-electron chi connectivity index (χ0n) is 14.0. The Bertz CT molecular complexity index is 877. The minimum absolute atomic E-state index is 0.0258. The molecule has 0 aliphatic heterocycles. The maximum Gasteiger partial charge on any atom is 0.416 e. The number of carbonyl (C=O) groups is 1. The number of rotatable bonds is 4. The number of nitrogens with zero attached hydrogens (tertiary/aromatic N) is 2. The summed E-state index contributed by atoms with van der Waals surface area (Å²) >= 11 is 2.96. The van der Waals surface area contributed by atoms with Crippen LogP contribution in [-0.4, -0.2) is 22.5 Å². The molecule has 0 aliphatic rings. The monoisotopic (exact) mass is 468 g/mol. The summed E-state index contributed by atoms with van der Waals surface area (Å²) in [5.41, 5.74) is -3.55. The Morgan fingerprint density at radius 1 is 1.07 bits per heavy atom. The number of aromatic nitrogens is 2. The van der Waals surface area contributed by atoms with E-state index in [2.05, 4.69) is 25.9 Å². The van der Waals surface area contributed by atoms with Gasteiger partial charge in [0.1, 0.15) is 4.48 Å². The summed E-state index contributed by atoms with van der Waals surface area (Å²) in [4.78, 5) is 19.3. The molecule has 11 heteroatoms. The van der Waals surface area contributed by atoms with Gasteiger partial charge in [-0.1, -0.05) is 0 Å². The molecule has 1 aromatic heterocycles. The van der Waals surface area contributed by atoms with Crippen molar-refractivity contribution < 1.29 is 35.9 Å². The summed E-state index contributed by atoms with van der Waals surface area (Å²) in [6.07, 6.45) is -6.57. The molecule has 28 heavy (non-hydrogen) atoms. The van der Waals surface area contributed by atoms with Crippen molar-refractivity contribution in [3.63, 3.8) is 0 Å². The highest BCUT2D eigenvalue weighted by Crippen LogP contribution is 2.38. The standard InChI is InChI=1S/C17H11BrF6N2O2/c1-2-28-15(27)13(18)6-12-7-25-8-14(26-12)9-3-10(16(19,20)21)5-11(4-9)17(22,23)24/h3-8H,2H2,1H3/b13-6-. The summed E-state index contributed by atoms with van der Waals surface area (Å²) in [6.45, 7) is 1.70. The molecule has 0 amide bonds. The smallest absolute Gasteiger partial charge is 0.416 e. The fourth-order valence-electron chi connectivity index (χ4n) is 2.08. The normalized spacial score (nSPS) is 12.8. The number of esters is 1. The Hall–Kier alpha value is -2.43. The van der Waals surface area contributed by atoms with Gasteiger partial charge < -0.3 is 4.74 Å². The maximum absolute atomic E-state index is 13.0. The third-order valence-electron chi connectivity index (χ3n) is 3.28. The summed E-state index contributed by atoms with van der Waals surface area (Å²) in [5.74, 6) is -0.715. The lowest BCUT2D eigenvalue weighted by Gasteiger charge is -2.14. The van der Waals surface area contributed by atoms with Crippen LogP contribution in [0.4, 0.5) is 26.3 Å². The quantitative estimate of drug-likeness (QED) is 0.338. The van der Waals surface area contributed by atoms with Gasteiger partial charge in [-0.3, -0.25) is 4.98 Å². The van der Waals surface area contributed by atoms with Crippen LogP contribution < -0.4 is 0 Å². The van der Waals surface area contributed by atoms with E-state index in [1.165, 1.54) is 12.3 Å². The molecule has 0 unspecified atom stereocenters. The fraction of sp³-hybridized carbons (Fsp3) is 0.235. The van der Waals surface area contributed by atoms with Crippen molar-refractivity contribution >= 4 is 28.0 Å². The second-order valence-corrected chi connectivity index (χ2v) is 6.19. The summed E-state index contributed by atoms with van der Waals surface area (Å²) in [6, 6.07) is 1.12. The Morgan fingerprint density at radius 3 is 2.14 bits per heavy atom. The van der Waals surface area contributed by atoms with Gasteiger partial charge in [-0.25, -0.2) is 9.78 Å². The Kier molecular flexibility index (Phi) is 6.48. The number of benzene rings is 1. The first-order valence-corrected chi connectivity index (χ1v) is 8.37. The average molecular weight is 469 g/mol. The second-order valence-electron chi connectivity index (χ2n) is 5.34. The topological polar surface area (TPSA) is 52.1 Å². The summed E-state index contributed by atoms with van der Waals surface area (Å²) < 4.78 is 82.7. The van der Waals surface area contributed by atoms with Crippen molar-refractivity contribution in [3.05, 3.63) is 51.9 Å². The van der Waals surface area contributed by atoms with E-state index in [1.807, 2.05) is 0 Å². The number of carbonyl (C=O) groups excluding carboxylic acids is 1. The highest BCUT2D eigenvalue weighted by atomic mass is 79.9. The minimum atomic E-state index is -4.98. The largest absolute Gasteiger partial charge is 0.462 e. The molecule has 0 radical (unpaired) electrons. The van der Waals surface area contributed by atoms with Crippen molar-refractivity contribution in [1.29, 1.82) is 0 Å². The highest BCUT2D eigenvalue weighted by molar-refractivity contribution is 9.12. The van der Waals surface area contributed by atoms with E-state index in [1.54, 1.807) is 6.92 Å². The van der Waals surface area contributed by atoms with Gasteiger partial charge >= 0.3 is 18.3 Å². The van der Waals surface area contributed by atoms with E-state index in [9.17, 15) is 31.1 Å². The lowest BCUT2D eigenvalue weighted by Crippen LogP contribution is -2.11. The van der Waals surface area contributed by atoms with E-state index in [0.29, 0.717) is 12.1 Å². The van der Waals surface area contributed by atoms with Gasteiger partial charge in [0, 0.05) is 5.56 Å². The van der Waals surface area contributed by atoms with Crippen molar-refractivity contribution in [2.75, 3.05) is 6.61 Å². The Balaban J connectivity index is 2.53. The predicted octanol–water partition coefficient (Wildman–Crippen LogP) is 5.48. The fourth-order valence-corrected chi connectivity index (χ4v) is 2.43. The van der Waals surface area contributed by atoms with Crippen LogP contribution in [0.1, 0.15) is 23.7 Å². The lowest BCUT2D eigenvalue weighted by atomic mass is 10.0. The molecule has 2 rings (SSSR count). The van der Waals surface area contributed by atoms with Crippen LogP contribution in [0, 0.1) is 0 Å². The van der Waals surface area contributed by atoms with Crippen molar-refractivity contribution in [3.8, 4) is 11.3 Å². The average Bonchev–Trinajstić information content (AvgIpc) is 2.60. The third-order valence-corrected chi connectivity index (χ3v) is 3.83. The molecule has 0 saturated carbocycles. The molecule has 0 spiro atoms. The summed E-state index contributed by atoms with van der Waals surface area (Å²) in [5, 5.41) is 0. The first kappa shape index (κ1) is 21.9. The number of halogens is 7. The molecule has 0 atom stereocenters. The van der Waals surface area contributed by atoms with Crippen LogP contribution in [-0.2, 0) is 21.9 Å². The van der Waals surface area contributed by atoms with Crippen molar-refractivity contribution in [2.45, 2.75) is 19.3 Å². The molecule has 0 bridgehead atoms. The number of hydrogen-bond donors (Lipinski definition) is 0. The van der Waals surface area contributed by atoms with Crippen molar-refractivity contribution in [1.82, 2.24) is 9.97 Å². The maximum atomic E-state index is 13.0. The molecule has 1 heterocycles. The van der Waals surface area contributed by atoms with Crippen LogP contribution in [0.25, 0.3) is 17.3 Å². The van der Waals surface area contributed by atoms with Gasteiger partial charge in [0.2, 0.25) is 0 Å². The SMILES string of the molecule is CCOC(=O)/C(Br)=C/c1cncc(-c2cc(C(F)(F)F)cc(C(F)(F)F)c2)n1. The second kappa shape index (κ2) is 8.29. The van der Waals surface area contributed by atoms with E-state index in [0.717, 1.165) is 6.20 Å². The predicted molar refractivity (Wildman–Crippen MR) is 91.0 cm³/mol. The summed E-state index contributed by atoms with van der Waals surface area (Å²) in [7, 11) is 0. The van der Waals surface area contributed by atoms with Gasteiger partial charge in [0.05, 0.1) is 41.5 Å². The van der Waals surface area contributed by atoms with Gasteiger partial charge in [0.25, 0.3) is 0 Å². The molecule has 0 saturated heterocycles. The number of ether oxygens (including phenoxy) is 1. The number of alkyl halides is 6. The zero-order chi connectivity index (χ0) is 21.1. The van der Waals surface area contributed by atoms with Gasteiger partial charge in [-0.05, 0) is 47.1 Å². The molecule has 0 aliphatic carbocycles. The van der Waals surface area contributed by atoms with Gasteiger partial charge in [-0.2, -0.15) is 26.3 Å². The van der Waals surface area contributed by atoms with Crippen LogP contribution in [0.2, 0.25) is 0 Å². The molecule has 1 aromatic carbocycles. The van der Waals surface area contributed by atoms with E-state index < -0.39 is 35.0 Å². The van der Waals surface area contributed by atoms with E-state index >= 15 is 0 Å². The molecule has 0 N–H and O–H groups in total. The minimum Gasteiger partial charge on any atom is -0.462 e. The van der Waals surface area contributed by atoms with E-state index in [4.69, 9.17) is 4.74 Å². The van der Waals surface area contributed by atoms with Crippen LogP contribution >= 0.6 is 15.9 Å². The lowest BCUT2D eigenvalue weighted by molar-refractivity contribution is -0.143. The van der Waals surface area contributed by atoms with E-state index in [-0.39, 0.29) is 28.5 Å². The van der Waals surface area contributed by atoms with Crippen LogP contribution in [0.3, 0.4) is 0 Å². The molecule has 0 fully saturated rings. The molecule has 4 nitrogen and oxygen atoms in total. The molecule has 2 aromatic rings. The highest BCUT2D eigenvalue weighted by Gasteiger charge is 2.37. The van der Waals surface area contributed by atoms with Crippen molar-refractivity contribution in [2.24, 2.45) is 0 Å². The first-order chi connectivity index (χ1) is 12.9. The van der Waals surface area contributed by atoms with Gasteiger partial charge in [-0.15, -0.1) is 0 Å². The number of hydrogen-bond acceptors (Lipinski definition) is 4. The molecular weight excluding hydrogens is 458 g/mol. The third kappa shape index (κ3) is 5.54. The van der Waals surface area contributed by atoms with Crippen LogP contribution in [0.15, 0.2) is 35.1 Å².